The Morgan fingerprint density at radius 2 is 1.87 bits per heavy atom. The average molecular weight is 423 g/mol. The van der Waals surface area contributed by atoms with Gasteiger partial charge in [-0.3, -0.25) is 9.59 Å². The van der Waals surface area contributed by atoms with Crippen molar-refractivity contribution in [3.63, 3.8) is 0 Å². The third-order valence-electron chi connectivity index (χ3n) is 5.37. The van der Waals surface area contributed by atoms with E-state index in [0.29, 0.717) is 12.2 Å². The van der Waals surface area contributed by atoms with Crippen LogP contribution in [-0.4, -0.2) is 28.9 Å². The molecule has 3 atom stereocenters. The van der Waals surface area contributed by atoms with Crippen molar-refractivity contribution in [1.82, 2.24) is 10.6 Å². The number of thioether (sulfide) groups is 1. The quantitative estimate of drug-likeness (QED) is 0.654. The lowest BCUT2D eigenvalue weighted by atomic mass is 9.99. The van der Waals surface area contributed by atoms with Crippen molar-refractivity contribution >= 4 is 34.3 Å². The van der Waals surface area contributed by atoms with Gasteiger partial charge in [-0.25, -0.2) is 4.39 Å². The lowest BCUT2D eigenvalue weighted by Crippen LogP contribution is -2.54. The highest BCUT2D eigenvalue weighted by molar-refractivity contribution is 8.00. The molecule has 1 heterocycles. The summed E-state index contributed by atoms with van der Waals surface area (Å²) in [5.41, 5.74) is 1.95. The monoisotopic (exact) mass is 422 g/mol. The van der Waals surface area contributed by atoms with Crippen LogP contribution in [0.3, 0.4) is 0 Å². The Balaban J connectivity index is 1.37. The zero-order valence-corrected chi connectivity index (χ0v) is 17.4. The van der Waals surface area contributed by atoms with Gasteiger partial charge in [0.15, 0.2) is 0 Å². The summed E-state index contributed by atoms with van der Waals surface area (Å²) in [5.74, 6) is -0.132. The van der Waals surface area contributed by atoms with Crippen LogP contribution in [0.5, 0.6) is 0 Å². The molecule has 2 N–H and O–H groups in total. The number of hydrogen-bond donors (Lipinski definition) is 2. The summed E-state index contributed by atoms with van der Waals surface area (Å²) in [4.78, 5) is 25.3. The predicted molar refractivity (Wildman–Crippen MR) is 119 cm³/mol. The molecule has 1 aliphatic rings. The molecule has 4 rings (SSSR count). The molecule has 0 bridgehead atoms. The highest BCUT2D eigenvalue weighted by Crippen LogP contribution is 2.25. The van der Waals surface area contributed by atoms with Crippen LogP contribution in [-0.2, 0) is 16.0 Å². The first-order valence-corrected chi connectivity index (χ1v) is 11.0. The maximum Gasteiger partial charge on any atom is 0.243 e. The topological polar surface area (TPSA) is 58.2 Å². The standard InChI is InChI=1S/C24H23FN2O2S/c1-15(19-8-4-6-17-5-2-3-7-20(17)19)26-23(28)21-14-30-22(24(29)27-21)13-16-9-11-18(25)12-10-16/h2-12,15,21-22H,13-14H2,1H3,(H,26,28)(H,27,29)/t15-,21+,22+/m0/s1. The van der Waals surface area contributed by atoms with E-state index in [1.54, 1.807) is 12.1 Å². The summed E-state index contributed by atoms with van der Waals surface area (Å²) in [6.07, 6.45) is 0.511. The number of nitrogens with one attached hydrogen (secondary N) is 2. The van der Waals surface area contributed by atoms with Crippen LogP contribution in [0.1, 0.15) is 24.1 Å². The molecule has 154 valence electrons. The van der Waals surface area contributed by atoms with Crippen molar-refractivity contribution in [1.29, 1.82) is 0 Å². The lowest BCUT2D eigenvalue weighted by Gasteiger charge is -2.29. The first-order valence-electron chi connectivity index (χ1n) is 9.96. The van der Waals surface area contributed by atoms with Crippen molar-refractivity contribution in [2.75, 3.05) is 5.75 Å². The van der Waals surface area contributed by atoms with E-state index in [9.17, 15) is 14.0 Å². The maximum absolute atomic E-state index is 13.1. The van der Waals surface area contributed by atoms with Crippen molar-refractivity contribution in [2.45, 2.75) is 30.7 Å². The summed E-state index contributed by atoms with van der Waals surface area (Å²) in [5, 5.41) is 7.84. The maximum atomic E-state index is 13.1. The fourth-order valence-corrected chi connectivity index (χ4v) is 4.93. The number of amides is 2. The molecule has 1 fully saturated rings. The number of halogens is 1. The molecular weight excluding hydrogens is 399 g/mol. The van der Waals surface area contributed by atoms with Crippen molar-refractivity contribution in [3.8, 4) is 0 Å². The Bertz CT molecular complexity index is 1060. The molecule has 0 spiro atoms. The predicted octanol–water partition coefficient (Wildman–Crippen LogP) is 4.00. The van der Waals surface area contributed by atoms with Gasteiger partial charge >= 0.3 is 0 Å². The van der Waals surface area contributed by atoms with Gasteiger partial charge in [0.25, 0.3) is 0 Å². The number of benzene rings is 3. The Hall–Kier alpha value is -2.86. The SMILES string of the molecule is C[C@H](NC(=O)[C@H]1CS[C@H](Cc2ccc(F)cc2)C(=O)N1)c1cccc2ccccc12. The molecule has 0 radical (unpaired) electrons. The number of hydrogen-bond acceptors (Lipinski definition) is 3. The van der Waals surface area contributed by atoms with Gasteiger partial charge in [-0.05, 0) is 47.4 Å². The average Bonchev–Trinajstić information content (AvgIpc) is 2.76. The van der Waals surface area contributed by atoms with Gasteiger partial charge in [0.05, 0.1) is 11.3 Å². The molecule has 0 aliphatic carbocycles. The normalized spacial score (nSPS) is 19.9. The minimum absolute atomic E-state index is 0.159. The third-order valence-corrected chi connectivity index (χ3v) is 6.68. The van der Waals surface area contributed by atoms with Gasteiger partial charge in [0.1, 0.15) is 11.9 Å². The van der Waals surface area contributed by atoms with Crippen LogP contribution < -0.4 is 10.6 Å². The van der Waals surface area contributed by atoms with Gasteiger partial charge in [0.2, 0.25) is 11.8 Å². The molecule has 3 aromatic carbocycles. The zero-order chi connectivity index (χ0) is 21.1. The Morgan fingerprint density at radius 1 is 1.13 bits per heavy atom. The van der Waals surface area contributed by atoms with Crippen molar-refractivity contribution in [3.05, 3.63) is 83.7 Å². The van der Waals surface area contributed by atoms with E-state index in [1.165, 1.54) is 23.9 Å². The highest BCUT2D eigenvalue weighted by atomic mass is 32.2. The summed E-state index contributed by atoms with van der Waals surface area (Å²) < 4.78 is 13.1. The third kappa shape index (κ3) is 4.49. The van der Waals surface area contributed by atoms with Gasteiger partial charge in [-0.1, -0.05) is 54.6 Å². The fourth-order valence-electron chi connectivity index (χ4n) is 3.74. The molecule has 30 heavy (non-hydrogen) atoms. The van der Waals surface area contributed by atoms with E-state index in [-0.39, 0.29) is 28.9 Å². The zero-order valence-electron chi connectivity index (χ0n) is 16.6. The summed E-state index contributed by atoms with van der Waals surface area (Å²) >= 11 is 1.47. The molecule has 6 heteroatoms. The van der Waals surface area contributed by atoms with Crippen LogP contribution in [0.4, 0.5) is 4.39 Å². The number of carbonyl (C=O) groups excluding carboxylic acids is 2. The van der Waals surface area contributed by atoms with E-state index in [2.05, 4.69) is 10.6 Å². The number of carbonyl (C=O) groups is 2. The smallest absolute Gasteiger partial charge is 0.243 e. The van der Waals surface area contributed by atoms with Crippen LogP contribution in [0.25, 0.3) is 10.8 Å². The van der Waals surface area contributed by atoms with Gasteiger partial charge < -0.3 is 10.6 Å². The number of fused-ring (bicyclic) bond motifs is 1. The first kappa shape index (κ1) is 20.4. The highest BCUT2D eigenvalue weighted by Gasteiger charge is 2.33. The summed E-state index contributed by atoms with van der Waals surface area (Å²) in [6, 6.07) is 19.5. The van der Waals surface area contributed by atoms with Crippen LogP contribution >= 0.6 is 11.8 Å². The molecule has 0 saturated carbocycles. The van der Waals surface area contributed by atoms with E-state index in [4.69, 9.17) is 0 Å². The van der Waals surface area contributed by atoms with Crippen LogP contribution in [0.2, 0.25) is 0 Å². The molecule has 3 aromatic rings. The second kappa shape index (κ2) is 8.88. The van der Waals surface area contributed by atoms with Crippen molar-refractivity contribution in [2.24, 2.45) is 0 Å². The van der Waals surface area contributed by atoms with E-state index >= 15 is 0 Å². The molecule has 2 amide bonds. The minimum Gasteiger partial charge on any atom is -0.348 e. The van der Waals surface area contributed by atoms with Crippen LogP contribution in [0, 0.1) is 5.82 Å². The Kier molecular flexibility index (Phi) is 6.04. The first-order chi connectivity index (χ1) is 14.5. The second-order valence-electron chi connectivity index (χ2n) is 7.51. The van der Waals surface area contributed by atoms with Gasteiger partial charge in [0, 0.05) is 5.75 Å². The molecular formula is C24H23FN2O2S. The van der Waals surface area contributed by atoms with Crippen LogP contribution in [0.15, 0.2) is 66.7 Å². The number of rotatable bonds is 5. The minimum atomic E-state index is -0.565. The van der Waals surface area contributed by atoms with Crippen molar-refractivity contribution < 1.29 is 14.0 Å². The Labute approximate surface area is 179 Å². The van der Waals surface area contributed by atoms with E-state index in [1.807, 2.05) is 49.4 Å². The van der Waals surface area contributed by atoms with E-state index < -0.39 is 6.04 Å². The molecule has 4 nitrogen and oxygen atoms in total. The van der Waals surface area contributed by atoms with E-state index in [0.717, 1.165) is 21.9 Å². The summed E-state index contributed by atoms with van der Waals surface area (Å²) in [6.45, 7) is 1.95. The second-order valence-corrected chi connectivity index (χ2v) is 8.75. The molecule has 0 aromatic heterocycles. The molecule has 1 saturated heterocycles. The van der Waals surface area contributed by atoms with Gasteiger partial charge in [-0.2, -0.15) is 0 Å². The lowest BCUT2D eigenvalue weighted by molar-refractivity contribution is -0.129. The Morgan fingerprint density at radius 3 is 2.63 bits per heavy atom. The molecule has 1 aliphatic heterocycles. The van der Waals surface area contributed by atoms with Gasteiger partial charge in [-0.15, -0.1) is 11.8 Å². The largest absolute Gasteiger partial charge is 0.348 e. The fraction of sp³-hybridized carbons (Fsp3) is 0.250. The molecule has 0 unspecified atom stereocenters. The summed E-state index contributed by atoms with van der Waals surface area (Å²) in [7, 11) is 0.